The summed E-state index contributed by atoms with van der Waals surface area (Å²) in [7, 11) is 0. The lowest BCUT2D eigenvalue weighted by atomic mass is 10.1. The summed E-state index contributed by atoms with van der Waals surface area (Å²) in [5.41, 5.74) is 0.834. The Morgan fingerprint density at radius 1 is 1.25 bits per heavy atom. The lowest BCUT2D eigenvalue weighted by Gasteiger charge is -2.17. The second-order valence-corrected chi connectivity index (χ2v) is 4.68. The summed E-state index contributed by atoms with van der Waals surface area (Å²) in [6.45, 7) is 1.28. The Balaban J connectivity index is 1.70. The minimum atomic E-state index is -0.763. The third-order valence-electron chi connectivity index (χ3n) is 3.24. The number of ether oxygens (including phenoxy) is 4. The number of esters is 2. The van der Waals surface area contributed by atoms with E-state index in [-0.39, 0.29) is 6.61 Å². The van der Waals surface area contributed by atoms with Crippen LogP contribution in [-0.4, -0.2) is 36.9 Å². The molecule has 4 atom stereocenters. The van der Waals surface area contributed by atoms with Gasteiger partial charge in [0.05, 0.1) is 0 Å². The second kappa shape index (κ2) is 5.22. The van der Waals surface area contributed by atoms with Gasteiger partial charge >= 0.3 is 11.9 Å². The number of rotatable bonds is 3. The van der Waals surface area contributed by atoms with Crippen molar-refractivity contribution < 1.29 is 28.5 Å². The zero-order chi connectivity index (χ0) is 14.1. The van der Waals surface area contributed by atoms with Gasteiger partial charge < -0.3 is 18.9 Å². The fraction of sp³-hybridized carbons (Fsp3) is 0.429. The first-order chi connectivity index (χ1) is 9.65. The van der Waals surface area contributed by atoms with Crippen molar-refractivity contribution in [2.24, 2.45) is 0 Å². The SMILES string of the molecule is CC(=O)OCC1OC(=O)C2OC(c3ccccc3)OC12. The molecule has 0 N–H and O–H groups in total. The van der Waals surface area contributed by atoms with Crippen LogP contribution in [0.15, 0.2) is 30.3 Å². The zero-order valence-electron chi connectivity index (χ0n) is 10.9. The van der Waals surface area contributed by atoms with Crippen molar-refractivity contribution in [2.45, 2.75) is 31.5 Å². The third kappa shape index (κ3) is 2.39. The fourth-order valence-corrected chi connectivity index (χ4v) is 2.31. The van der Waals surface area contributed by atoms with E-state index in [0.29, 0.717) is 0 Å². The van der Waals surface area contributed by atoms with Gasteiger partial charge in [-0.3, -0.25) is 4.79 Å². The van der Waals surface area contributed by atoms with E-state index >= 15 is 0 Å². The van der Waals surface area contributed by atoms with E-state index in [1.807, 2.05) is 30.3 Å². The predicted octanol–water partition coefficient (Wildman–Crippen LogP) is 0.958. The highest BCUT2D eigenvalue weighted by molar-refractivity contribution is 5.78. The van der Waals surface area contributed by atoms with Gasteiger partial charge in [-0.1, -0.05) is 30.3 Å². The van der Waals surface area contributed by atoms with E-state index in [4.69, 9.17) is 18.9 Å². The number of fused-ring (bicyclic) bond motifs is 1. The molecule has 2 aliphatic heterocycles. The Bertz CT molecular complexity index is 514. The lowest BCUT2D eigenvalue weighted by molar-refractivity contribution is -0.168. The molecule has 2 saturated heterocycles. The molecule has 6 nitrogen and oxygen atoms in total. The van der Waals surface area contributed by atoms with Gasteiger partial charge in [-0.15, -0.1) is 0 Å². The summed E-state index contributed by atoms with van der Waals surface area (Å²) in [5.74, 6) is -0.909. The summed E-state index contributed by atoms with van der Waals surface area (Å²) in [4.78, 5) is 22.5. The topological polar surface area (TPSA) is 71.1 Å². The van der Waals surface area contributed by atoms with Crippen LogP contribution in [0.1, 0.15) is 18.8 Å². The van der Waals surface area contributed by atoms with Gasteiger partial charge in [-0.05, 0) is 0 Å². The van der Waals surface area contributed by atoms with Crippen molar-refractivity contribution in [3.63, 3.8) is 0 Å². The molecule has 1 aromatic carbocycles. The first-order valence-corrected chi connectivity index (χ1v) is 6.35. The number of carbonyl (C=O) groups excluding carboxylic acids is 2. The first kappa shape index (κ1) is 13.1. The van der Waals surface area contributed by atoms with Crippen molar-refractivity contribution in [3.8, 4) is 0 Å². The van der Waals surface area contributed by atoms with Crippen molar-refractivity contribution in [3.05, 3.63) is 35.9 Å². The van der Waals surface area contributed by atoms with Crippen LogP contribution < -0.4 is 0 Å². The van der Waals surface area contributed by atoms with Crippen LogP contribution in [0, 0.1) is 0 Å². The zero-order valence-corrected chi connectivity index (χ0v) is 10.9. The molecule has 106 valence electrons. The standard InChI is InChI=1S/C14H14O6/c1-8(15)17-7-10-11-12(13(16)18-10)20-14(19-11)9-5-3-2-4-6-9/h2-6,10-12,14H,7H2,1H3. The Kier molecular flexibility index (Phi) is 3.42. The molecule has 2 aliphatic rings. The van der Waals surface area contributed by atoms with Crippen LogP contribution in [0.4, 0.5) is 0 Å². The maximum atomic E-state index is 11.7. The second-order valence-electron chi connectivity index (χ2n) is 4.68. The number of hydrogen-bond acceptors (Lipinski definition) is 6. The molecule has 0 saturated carbocycles. The number of carbonyl (C=O) groups is 2. The van der Waals surface area contributed by atoms with Gasteiger partial charge in [-0.2, -0.15) is 0 Å². The molecule has 20 heavy (non-hydrogen) atoms. The molecular formula is C14H14O6. The molecule has 0 spiro atoms. The van der Waals surface area contributed by atoms with Crippen LogP contribution in [0.3, 0.4) is 0 Å². The Morgan fingerprint density at radius 2 is 2.00 bits per heavy atom. The molecule has 1 aromatic rings. The molecule has 0 amide bonds. The summed E-state index contributed by atoms with van der Waals surface area (Å²) >= 11 is 0. The van der Waals surface area contributed by atoms with E-state index in [9.17, 15) is 9.59 Å². The fourth-order valence-electron chi connectivity index (χ4n) is 2.31. The highest BCUT2D eigenvalue weighted by Crippen LogP contribution is 2.37. The smallest absolute Gasteiger partial charge is 0.338 e. The summed E-state index contributed by atoms with van der Waals surface area (Å²) in [5, 5.41) is 0. The normalized spacial score (nSPS) is 31.8. The van der Waals surface area contributed by atoms with Gasteiger partial charge in [0.15, 0.2) is 18.5 Å². The lowest BCUT2D eigenvalue weighted by Crippen LogP contribution is -2.32. The van der Waals surface area contributed by atoms with Crippen LogP contribution >= 0.6 is 0 Å². The number of hydrogen-bond donors (Lipinski definition) is 0. The molecule has 3 rings (SSSR count). The third-order valence-corrected chi connectivity index (χ3v) is 3.24. The molecular weight excluding hydrogens is 264 g/mol. The first-order valence-electron chi connectivity index (χ1n) is 6.35. The maximum absolute atomic E-state index is 11.7. The van der Waals surface area contributed by atoms with Gasteiger partial charge in [0.2, 0.25) is 0 Å². The van der Waals surface area contributed by atoms with Gasteiger partial charge in [0.1, 0.15) is 12.7 Å². The van der Waals surface area contributed by atoms with Crippen LogP contribution in [-0.2, 0) is 28.5 Å². The highest BCUT2D eigenvalue weighted by atomic mass is 16.8. The summed E-state index contributed by atoms with van der Waals surface area (Å²) in [6.07, 6.45) is -2.53. The highest BCUT2D eigenvalue weighted by Gasteiger charge is 2.53. The van der Waals surface area contributed by atoms with E-state index in [1.54, 1.807) is 0 Å². The van der Waals surface area contributed by atoms with E-state index in [1.165, 1.54) is 6.92 Å². The van der Waals surface area contributed by atoms with Gasteiger partial charge in [0, 0.05) is 12.5 Å². The molecule has 6 heteroatoms. The minimum Gasteiger partial charge on any atom is -0.462 e. The molecule has 0 radical (unpaired) electrons. The number of cyclic esters (lactones) is 1. The molecule has 0 aliphatic carbocycles. The average molecular weight is 278 g/mol. The maximum Gasteiger partial charge on any atom is 0.338 e. The Morgan fingerprint density at radius 3 is 2.70 bits per heavy atom. The van der Waals surface area contributed by atoms with Gasteiger partial charge in [-0.25, -0.2) is 4.79 Å². The Labute approximate surface area is 115 Å². The largest absolute Gasteiger partial charge is 0.462 e. The Hall–Kier alpha value is -1.92. The number of benzene rings is 1. The van der Waals surface area contributed by atoms with Crippen molar-refractivity contribution in [1.82, 2.24) is 0 Å². The summed E-state index contributed by atoms with van der Waals surface area (Å²) < 4.78 is 21.3. The van der Waals surface area contributed by atoms with Crippen molar-refractivity contribution in [2.75, 3.05) is 6.61 Å². The van der Waals surface area contributed by atoms with Crippen molar-refractivity contribution >= 4 is 11.9 Å². The summed E-state index contributed by atoms with van der Waals surface area (Å²) in [6, 6.07) is 9.34. The van der Waals surface area contributed by atoms with Crippen LogP contribution in [0.25, 0.3) is 0 Å². The van der Waals surface area contributed by atoms with Crippen LogP contribution in [0.5, 0.6) is 0 Å². The van der Waals surface area contributed by atoms with E-state index in [0.717, 1.165) is 5.56 Å². The van der Waals surface area contributed by atoms with Crippen molar-refractivity contribution in [1.29, 1.82) is 0 Å². The quantitative estimate of drug-likeness (QED) is 0.767. The minimum absolute atomic E-state index is 0.0207. The molecule has 4 unspecified atom stereocenters. The van der Waals surface area contributed by atoms with Crippen LogP contribution in [0.2, 0.25) is 0 Å². The van der Waals surface area contributed by atoms with E-state index < -0.39 is 36.5 Å². The molecule has 2 fully saturated rings. The van der Waals surface area contributed by atoms with Gasteiger partial charge in [0.25, 0.3) is 0 Å². The molecule has 2 heterocycles. The monoisotopic (exact) mass is 278 g/mol. The molecule has 0 bridgehead atoms. The van der Waals surface area contributed by atoms with E-state index in [2.05, 4.69) is 0 Å². The average Bonchev–Trinajstić information content (AvgIpc) is 2.99. The predicted molar refractivity (Wildman–Crippen MR) is 65.4 cm³/mol. The molecule has 0 aromatic heterocycles.